The normalized spacial score (nSPS) is 13.1. The van der Waals surface area contributed by atoms with E-state index in [9.17, 15) is 0 Å². The van der Waals surface area contributed by atoms with Gasteiger partial charge in [0.2, 0.25) is 0 Å². The predicted octanol–water partition coefficient (Wildman–Crippen LogP) is 4.96. The van der Waals surface area contributed by atoms with Crippen LogP contribution in [0, 0.1) is 17.3 Å². The molecule has 4 N–H and O–H groups in total. The van der Waals surface area contributed by atoms with Gasteiger partial charge in [-0.15, -0.1) is 0 Å². The molecule has 0 spiro atoms. The molecule has 1 atom stereocenters. The van der Waals surface area contributed by atoms with E-state index in [0.717, 1.165) is 31.3 Å². The lowest BCUT2D eigenvalue weighted by molar-refractivity contribution is 0.299. The number of unbranched alkanes of at least 4 members (excludes halogenated alkanes) is 3. The van der Waals surface area contributed by atoms with Crippen molar-refractivity contribution in [2.45, 2.75) is 86.5 Å². The minimum Gasteiger partial charge on any atom is -0.330 e. The lowest BCUT2D eigenvalue weighted by atomic mass is 9.84. The van der Waals surface area contributed by atoms with Crippen molar-refractivity contribution in [2.75, 3.05) is 13.1 Å². The quantitative estimate of drug-likeness (QED) is 0.589. The molecule has 0 fully saturated rings. The molecule has 2 heteroatoms. The first-order valence-electron chi connectivity index (χ1n) is 8.63. The Hall–Kier alpha value is -0.0800. The van der Waals surface area contributed by atoms with Crippen molar-refractivity contribution < 1.29 is 0 Å². The molecular formula is C18H42N2. The highest BCUT2D eigenvalue weighted by molar-refractivity contribution is 4.66. The van der Waals surface area contributed by atoms with E-state index in [0.29, 0.717) is 5.41 Å². The maximum Gasteiger partial charge on any atom is -0.00747 e. The number of hydrogen-bond donors (Lipinski definition) is 2. The highest BCUT2D eigenvalue weighted by Crippen LogP contribution is 2.25. The molecule has 2 nitrogen and oxygen atoms in total. The molecule has 1 unspecified atom stereocenters. The van der Waals surface area contributed by atoms with Crippen molar-refractivity contribution in [2.24, 2.45) is 28.7 Å². The molecular weight excluding hydrogens is 244 g/mol. The average Bonchev–Trinajstić information content (AvgIpc) is 2.27. The standard InChI is InChI=1S/2C9H21N/c1-8(5-6-10)7-9(2,3)4;1-9(2)7-5-3-4-6-8-10/h8H,5-7,10H2,1-4H3;9H,3-8,10H2,1-2H3. The van der Waals surface area contributed by atoms with Gasteiger partial charge in [0.1, 0.15) is 0 Å². The highest BCUT2D eigenvalue weighted by Gasteiger charge is 2.13. The number of nitrogens with two attached hydrogens (primary N) is 2. The molecule has 0 aromatic carbocycles. The van der Waals surface area contributed by atoms with Crippen LogP contribution in [0.3, 0.4) is 0 Å². The maximum atomic E-state index is 5.45. The second-order valence-electron chi connectivity index (χ2n) is 7.83. The van der Waals surface area contributed by atoms with Crippen molar-refractivity contribution in [1.29, 1.82) is 0 Å². The second-order valence-corrected chi connectivity index (χ2v) is 7.83. The topological polar surface area (TPSA) is 52.0 Å². The van der Waals surface area contributed by atoms with Gasteiger partial charge >= 0.3 is 0 Å². The number of rotatable bonds is 9. The van der Waals surface area contributed by atoms with Crippen LogP contribution in [-0.4, -0.2) is 13.1 Å². The van der Waals surface area contributed by atoms with E-state index in [4.69, 9.17) is 11.5 Å². The summed E-state index contributed by atoms with van der Waals surface area (Å²) in [4.78, 5) is 0. The van der Waals surface area contributed by atoms with Crippen LogP contribution < -0.4 is 11.5 Å². The Bertz CT molecular complexity index is 182. The van der Waals surface area contributed by atoms with E-state index in [1.807, 2.05) is 0 Å². The first kappa shape index (κ1) is 22.2. The first-order valence-corrected chi connectivity index (χ1v) is 8.63. The molecule has 0 amide bonds. The molecule has 0 aliphatic carbocycles. The van der Waals surface area contributed by atoms with Gasteiger partial charge in [-0.2, -0.15) is 0 Å². The summed E-state index contributed by atoms with van der Waals surface area (Å²) >= 11 is 0. The summed E-state index contributed by atoms with van der Waals surface area (Å²) in [6.45, 7) is 15.4. The summed E-state index contributed by atoms with van der Waals surface area (Å²) in [5.41, 5.74) is 11.3. The van der Waals surface area contributed by atoms with Crippen LogP contribution in [0.15, 0.2) is 0 Å². The Balaban J connectivity index is 0. The molecule has 0 aromatic heterocycles. The third-order valence-electron chi connectivity index (χ3n) is 3.36. The lowest BCUT2D eigenvalue weighted by Crippen LogP contribution is -2.14. The van der Waals surface area contributed by atoms with Gasteiger partial charge in [-0.05, 0) is 49.6 Å². The van der Waals surface area contributed by atoms with Crippen LogP contribution in [0.1, 0.15) is 86.5 Å². The zero-order valence-electron chi connectivity index (χ0n) is 15.2. The Morgan fingerprint density at radius 1 is 0.750 bits per heavy atom. The van der Waals surface area contributed by atoms with Gasteiger partial charge in [0.25, 0.3) is 0 Å². The van der Waals surface area contributed by atoms with E-state index in [2.05, 4.69) is 41.5 Å². The second kappa shape index (κ2) is 13.9. The summed E-state index contributed by atoms with van der Waals surface area (Å²) in [5.74, 6) is 1.66. The maximum absolute atomic E-state index is 5.45. The van der Waals surface area contributed by atoms with Crippen molar-refractivity contribution >= 4 is 0 Å². The predicted molar refractivity (Wildman–Crippen MR) is 93.9 cm³/mol. The third-order valence-corrected chi connectivity index (χ3v) is 3.36. The summed E-state index contributed by atoms with van der Waals surface area (Å²) in [5, 5.41) is 0. The minimum absolute atomic E-state index is 0.467. The van der Waals surface area contributed by atoms with Crippen LogP contribution in [0.25, 0.3) is 0 Å². The lowest BCUT2D eigenvalue weighted by Gasteiger charge is -2.22. The van der Waals surface area contributed by atoms with Crippen LogP contribution in [0.5, 0.6) is 0 Å². The van der Waals surface area contributed by atoms with Crippen molar-refractivity contribution in [3.63, 3.8) is 0 Å². The monoisotopic (exact) mass is 286 g/mol. The average molecular weight is 287 g/mol. The van der Waals surface area contributed by atoms with Crippen LogP contribution in [0.2, 0.25) is 0 Å². The van der Waals surface area contributed by atoms with Crippen molar-refractivity contribution in [1.82, 2.24) is 0 Å². The molecule has 0 heterocycles. The van der Waals surface area contributed by atoms with E-state index in [1.54, 1.807) is 0 Å². The molecule has 20 heavy (non-hydrogen) atoms. The first-order chi connectivity index (χ1) is 9.22. The van der Waals surface area contributed by atoms with Gasteiger partial charge < -0.3 is 11.5 Å². The fraction of sp³-hybridized carbons (Fsp3) is 1.00. The zero-order valence-corrected chi connectivity index (χ0v) is 15.2. The molecule has 0 aliphatic heterocycles. The van der Waals surface area contributed by atoms with Gasteiger partial charge in [-0.25, -0.2) is 0 Å². The van der Waals surface area contributed by atoms with E-state index < -0.39 is 0 Å². The number of hydrogen-bond acceptors (Lipinski definition) is 2. The molecule has 124 valence electrons. The SMILES string of the molecule is CC(C)CCCCCCN.CC(CCN)CC(C)(C)C. The summed E-state index contributed by atoms with van der Waals surface area (Å²) in [7, 11) is 0. The summed E-state index contributed by atoms with van der Waals surface area (Å²) < 4.78 is 0. The van der Waals surface area contributed by atoms with E-state index >= 15 is 0 Å². The largest absolute Gasteiger partial charge is 0.330 e. The van der Waals surface area contributed by atoms with E-state index in [-0.39, 0.29) is 0 Å². The van der Waals surface area contributed by atoms with Gasteiger partial charge in [0, 0.05) is 0 Å². The molecule has 0 aromatic rings. The Morgan fingerprint density at radius 3 is 1.70 bits per heavy atom. The molecule has 0 aliphatic rings. The Morgan fingerprint density at radius 2 is 1.30 bits per heavy atom. The van der Waals surface area contributed by atoms with Gasteiger partial charge in [-0.3, -0.25) is 0 Å². The fourth-order valence-electron chi connectivity index (χ4n) is 2.48. The Labute approximate surface area is 129 Å². The van der Waals surface area contributed by atoms with Crippen LogP contribution in [-0.2, 0) is 0 Å². The molecule has 0 saturated heterocycles. The van der Waals surface area contributed by atoms with Crippen LogP contribution in [0.4, 0.5) is 0 Å². The smallest absolute Gasteiger partial charge is 0.00747 e. The van der Waals surface area contributed by atoms with Gasteiger partial charge in [0.15, 0.2) is 0 Å². The van der Waals surface area contributed by atoms with Gasteiger partial charge in [-0.1, -0.05) is 67.2 Å². The van der Waals surface area contributed by atoms with E-state index in [1.165, 1.54) is 38.5 Å². The van der Waals surface area contributed by atoms with Crippen molar-refractivity contribution in [3.8, 4) is 0 Å². The molecule has 0 rings (SSSR count). The van der Waals surface area contributed by atoms with Gasteiger partial charge in [0.05, 0.1) is 0 Å². The van der Waals surface area contributed by atoms with Crippen molar-refractivity contribution in [3.05, 3.63) is 0 Å². The third kappa shape index (κ3) is 23.0. The molecule has 0 radical (unpaired) electrons. The Kier molecular flexibility index (Phi) is 15.4. The fourth-order valence-corrected chi connectivity index (χ4v) is 2.48. The summed E-state index contributed by atoms with van der Waals surface area (Å²) in [6, 6.07) is 0. The highest BCUT2D eigenvalue weighted by atomic mass is 14.5. The zero-order chi connectivity index (χ0) is 16.0. The molecule has 0 bridgehead atoms. The van der Waals surface area contributed by atoms with Crippen LogP contribution >= 0.6 is 0 Å². The minimum atomic E-state index is 0.467. The summed E-state index contributed by atoms with van der Waals surface area (Å²) in [6.07, 6.45) is 9.11. The molecule has 0 saturated carbocycles.